The number of para-hydroxylation sites is 1. The lowest BCUT2D eigenvalue weighted by Gasteiger charge is -2.03. The highest BCUT2D eigenvalue weighted by atomic mass is 35.5. The molecule has 0 atom stereocenters. The third-order valence-electron chi connectivity index (χ3n) is 2.35. The van der Waals surface area contributed by atoms with Crippen LogP contribution in [0.15, 0.2) is 42.5 Å². The van der Waals surface area contributed by atoms with E-state index in [-0.39, 0.29) is 0 Å². The van der Waals surface area contributed by atoms with Crippen LogP contribution < -0.4 is 5.32 Å². The standard InChI is InChI=1S/C13H8ClN2S/c14-9-5-1-2-6-10(9)15-13-16-11-7-3-4-8-12(11)17-13/h2-8H,(H,15,16). The molecule has 0 saturated heterocycles. The Morgan fingerprint density at radius 3 is 2.94 bits per heavy atom. The normalized spacial score (nSPS) is 10.6. The number of aromatic nitrogens is 1. The van der Waals surface area contributed by atoms with E-state index in [0.717, 1.165) is 21.0 Å². The first-order chi connectivity index (χ1) is 8.33. The van der Waals surface area contributed by atoms with Gasteiger partial charge in [-0.3, -0.25) is 0 Å². The summed E-state index contributed by atoms with van der Waals surface area (Å²) in [6, 6.07) is 16.4. The molecule has 83 valence electrons. The zero-order valence-electron chi connectivity index (χ0n) is 8.77. The largest absolute Gasteiger partial charge is 0.330 e. The van der Waals surface area contributed by atoms with Gasteiger partial charge in [0.05, 0.1) is 20.9 Å². The molecule has 3 aromatic rings. The highest BCUT2D eigenvalue weighted by molar-refractivity contribution is 7.22. The maximum atomic E-state index is 6.06. The monoisotopic (exact) mass is 259 g/mol. The molecule has 0 aliphatic carbocycles. The molecule has 0 amide bonds. The number of benzene rings is 2. The highest BCUT2D eigenvalue weighted by Crippen LogP contribution is 2.30. The molecule has 0 bridgehead atoms. The number of thiazole rings is 1. The smallest absolute Gasteiger partial charge is 0.188 e. The maximum Gasteiger partial charge on any atom is 0.188 e. The fourth-order valence-electron chi connectivity index (χ4n) is 1.55. The molecule has 1 heterocycles. The van der Waals surface area contributed by atoms with Gasteiger partial charge in [-0.25, -0.2) is 4.98 Å². The molecule has 1 N–H and O–H groups in total. The van der Waals surface area contributed by atoms with E-state index >= 15 is 0 Å². The van der Waals surface area contributed by atoms with E-state index < -0.39 is 0 Å². The van der Waals surface area contributed by atoms with Crippen molar-refractivity contribution in [1.29, 1.82) is 0 Å². The summed E-state index contributed by atoms with van der Waals surface area (Å²) in [7, 11) is 0. The number of hydrogen-bond donors (Lipinski definition) is 1. The molecule has 3 rings (SSSR count). The van der Waals surface area contributed by atoms with Crippen LogP contribution in [0.5, 0.6) is 0 Å². The van der Waals surface area contributed by atoms with E-state index in [9.17, 15) is 0 Å². The molecule has 0 aliphatic rings. The average Bonchev–Trinajstić information content (AvgIpc) is 2.74. The van der Waals surface area contributed by atoms with Gasteiger partial charge in [-0.15, -0.1) is 0 Å². The number of fused-ring (bicyclic) bond motifs is 1. The predicted molar refractivity (Wildman–Crippen MR) is 73.2 cm³/mol. The minimum absolute atomic E-state index is 0.645. The van der Waals surface area contributed by atoms with E-state index in [0.29, 0.717) is 5.02 Å². The van der Waals surface area contributed by atoms with Crippen LogP contribution in [0.2, 0.25) is 5.02 Å². The highest BCUT2D eigenvalue weighted by Gasteiger charge is 2.04. The van der Waals surface area contributed by atoms with Crippen molar-refractivity contribution in [3.8, 4) is 0 Å². The summed E-state index contributed by atoms with van der Waals surface area (Å²) in [5.41, 5.74) is 1.85. The summed E-state index contributed by atoms with van der Waals surface area (Å²) in [5.74, 6) is 0. The van der Waals surface area contributed by atoms with Gasteiger partial charge < -0.3 is 5.32 Å². The SMILES string of the molecule is Clc1c[c]ccc1Nc1nc2ccccc2s1. The first-order valence-electron chi connectivity index (χ1n) is 5.11. The van der Waals surface area contributed by atoms with E-state index in [1.54, 1.807) is 17.4 Å². The Morgan fingerprint density at radius 2 is 2.12 bits per heavy atom. The van der Waals surface area contributed by atoms with Gasteiger partial charge in [-0.1, -0.05) is 41.1 Å². The van der Waals surface area contributed by atoms with Crippen LogP contribution >= 0.6 is 22.9 Å². The molecule has 0 unspecified atom stereocenters. The molecule has 0 fully saturated rings. The Morgan fingerprint density at radius 1 is 1.24 bits per heavy atom. The van der Waals surface area contributed by atoms with Crippen molar-refractivity contribution in [2.45, 2.75) is 0 Å². The van der Waals surface area contributed by atoms with Crippen molar-refractivity contribution in [3.63, 3.8) is 0 Å². The molecule has 2 aromatic carbocycles. The fraction of sp³-hybridized carbons (Fsp3) is 0. The van der Waals surface area contributed by atoms with Crippen LogP contribution in [-0.2, 0) is 0 Å². The molecule has 17 heavy (non-hydrogen) atoms. The number of nitrogens with zero attached hydrogens (tertiary/aromatic N) is 1. The van der Waals surface area contributed by atoms with Gasteiger partial charge in [0.2, 0.25) is 0 Å². The molecule has 1 aromatic heterocycles. The summed E-state index contributed by atoms with van der Waals surface area (Å²) in [6.07, 6.45) is 0. The Labute approximate surface area is 108 Å². The number of anilines is 2. The third kappa shape index (κ3) is 2.12. The van der Waals surface area contributed by atoms with Gasteiger partial charge in [-0.2, -0.15) is 0 Å². The lowest BCUT2D eigenvalue weighted by Crippen LogP contribution is -1.89. The summed E-state index contributed by atoms with van der Waals surface area (Å²) >= 11 is 7.67. The number of halogens is 1. The minimum atomic E-state index is 0.645. The Balaban J connectivity index is 1.98. The minimum Gasteiger partial charge on any atom is -0.330 e. The summed E-state index contributed by atoms with van der Waals surface area (Å²) in [6.45, 7) is 0. The van der Waals surface area contributed by atoms with Crippen LogP contribution in [0.25, 0.3) is 10.2 Å². The molecule has 1 radical (unpaired) electrons. The van der Waals surface area contributed by atoms with Crippen molar-refractivity contribution in [3.05, 3.63) is 53.6 Å². The molecule has 4 heteroatoms. The fourth-order valence-corrected chi connectivity index (χ4v) is 2.60. The van der Waals surface area contributed by atoms with E-state index in [1.807, 2.05) is 30.3 Å². The van der Waals surface area contributed by atoms with Crippen LogP contribution in [0.3, 0.4) is 0 Å². The second-order valence-electron chi connectivity index (χ2n) is 3.52. The van der Waals surface area contributed by atoms with Crippen molar-refractivity contribution >= 4 is 44.0 Å². The van der Waals surface area contributed by atoms with E-state index in [1.165, 1.54) is 0 Å². The van der Waals surface area contributed by atoms with Crippen LogP contribution in [0, 0.1) is 6.07 Å². The first-order valence-corrected chi connectivity index (χ1v) is 6.30. The molecule has 0 saturated carbocycles. The van der Waals surface area contributed by atoms with Gasteiger partial charge in [0.25, 0.3) is 0 Å². The lowest BCUT2D eigenvalue weighted by molar-refractivity contribution is 1.44. The molecule has 0 spiro atoms. The van der Waals surface area contributed by atoms with Gasteiger partial charge in [0.1, 0.15) is 0 Å². The molecular formula is C13H8ClN2S. The summed E-state index contributed by atoms with van der Waals surface area (Å²) < 4.78 is 1.16. The van der Waals surface area contributed by atoms with Crippen molar-refractivity contribution in [1.82, 2.24) is 4.98 Å². The third-order valence-corrected chi connectivity index (χ3v) is 3.61. The Hall–Kier alpha value is -1.58. The van der Waals surface area contributed by atoms with Crippen molar-refractivity contribution in [2.24, 2.45) is 0 Å². The van der Waals surface area contributed by atoms with Crippen LogP contribution in [-0.4, -0.2) is 4.98 Å². The van der Waals surface area contributed by atoms with E-state index in [2.05, 4.69) is 22.4 Å². The zero-order chi connectivity index (χ0) is 11.7. The van der Waals surface area contributed by atoms with Gasteiger partial charge in [0, 0.05) is 0 Å². The lowest BCUT2D eigenvalue weighted by atomic mass is 10.3. The van der Waals surface area contributed by atoms with Crippen molar-refractivity contribution < 1.29 is 0 Å². The van der Waals surface area contributed by atoms with E-state index in [4.69, 9.17) is 11.6 Å². The second-order valence-corrected chi connectivity index (χ2v) is 4.96. The number of rotatable bonds is 2. The molecule has 0 aliphatic heterocycles. The van der Waals surface area contributed by atoms with Gasteiger partial charge in [0.15, 0.2) is 5.13 Å². The number of nitrogens with one attached hydrogen (secondary N) is 1. The topological polar surface area (TPSA) is 24.9 Å². The zero-order valence-corrected chi connectivity index (χ0v) is 10.3. The van der Waals surface area contributed by atoms with Crippen LogP contribution in [0.4, 0.5) is 10.8 Å². The average molecular weight is 260 g/mol. The summed E-state index contributed by atoms with van der Waals surface area (Å²) in [4.78, 5) is 4.49. The first kappa shape index (κ1) is 10.6. The predicted octanol–water partition coefficient (Wildman–Crippen LogP) is 4.49. The second kappa shape index (κ2) is 4.35. The van der Waals surface area contributed by atoms with Gasteiger partial charge in [-0.05, 0) is 30.3 Å². The maximum absolute atomic E-state index is 6.06. The van der Waals surface area contributed by atoms with Crippen molar-refractivity contribution in [2.75, 3.05) is 5.32 Å². The summed E-state index contributed by atoms with van der Waals surface area (Å²) in [5, 5.41) is 4.71. The molecular weight excluding hydrogens is 252 g/mol. The number of hydrogen-bond acceptors (Lipinski definition) is 3. The molecule has 2 nitrogen and oxygen atoms in total. The van der Waals surface area contributed by atoms with Gasteiger partial charge >= 0.3 is 0 Å². The Bertz CT molecular complexity index is 630. The van der Waals surface area contributed by atoms with Crippen LogP contribution in [0.1, 0.15) is 0 Å². The quantitative estimate of drug-likeness (QED) is 0.733. The Kier molecular flexibility index (Phi) is 2.71.